The Morgan fingerprint density at radius 1 is 0.857 bits per heavy atom. The van der Waals surface area contributed by atoms with Gasteiger partial charge in [-0.3, -0.25) is 11.5 Å². The highest BCUT2D eigenvalue weighted by Gasteiger charge is 2.33. The van der Waals surface area contributed by atoms with Gasteiger partial charge in [0, 0.05) is 0 Å². The fourth-order valence-corrected chi connectivity index (χ4v) is 5.31. The van der Waals surface area contributed by atoms with Crippen molar-refractivity contribution in [2.24, 2.45) is 11.5 Å². The molecule has 0 aliphatic carbocycles. The van der Waals surface area contributed by atoms with Crippen LogP contribution in [-0.4, -0.2) is 10.2 Å². The minimum absolute atomic E-state index is 0.463. The third-order valence-corrected chi connectivity index (χ3v) is 7.42. The first-order chi connectivity index (χ1) is 9.97. The van der Waals surface area contributed by atoms with Gasteiger partial charge in [-0.25, -0.2) is 0 Å². The molecule has 0 amide bonds. The summed E-state index contributed by atoms with van der Waals surface area (Å²) in [4.78, 5) is 0. The number of hydrogen-bond acceptors (Lipinski definition) is 2. The molecule has 0 aromatic heterocycles. The first-order valence-corrected chi connectivity index (χ1v) is 9.29. The highest BCUT2D eigenvalue weighted by Crippen LogP contribution is 2.52. The molecule has 112 valence electrons. The SMILES string of the molecule is NC(N)(Cl)C(Cl)P(Cc1ccccc1)Cc1ccccc1. The van der Waals surface area contributed by atoms with Crippen LogP contribution < -0.4 is 11.5 Å². The maximum absolute atomic E-state index is 6.47. The molecule has 0 bridgehead atoms. The Hall–Kier alpha value is -0.630. The summed E-state index contributed by atoms with van der Waals surface area (Å²) in [5, 5.41) is -1.86. The Morgan fingerprint density at radius 2 is 1.24 bits per heavy atom. The van der Waals surface area contributed by atoms with Gasteiger partial charge < -0.3 is 0 Å². The Labute approximate surface area is 137 Å². The van der Waals surface area contributed by atoms with Crippen LogP contribution in [0.2, 0.25) is 0 Å². The van der Waals surface area contributed by atoms with Crippen molar-refractivity contribution in [3.8, 4) is 0 Å². The van der Waals surface area contributed by atoms with E-state index in [-0.39, 0.29) is 0 Å². The van der Waals surface area contributed by atoms with E-state index in [0.717, 1.165) is 12.3 Å². The van der Waals surface area contributed by atoms with Crippen LogP contribution in [0.25, 0.3) is 0 Å². The zero-order valence-corrected chi connectivity index (χ0v) is 14.0. The summed E-state index contributed by atoms with van der Waals surface area (Å²) < 4.78 is 0. The summed E-state index contributed by atoms with van der Waals surface area (Å²) in [6.07, 6.45) is 1.70. The fourth-order valence-electron chi connectivity index (χ4n) is 2.13. The van der Waals surface area contributed by atoms with Crippen LogP contribution in [0.3, 0.4) is 0 Å². The van der Waals surface area contributed by atoms with E-state index >= 15 is 0 Å². The van der Waals surface area contributed by atoms with Crippen molar-refractivity contribution in [1.29, 1.82) is 0 Å². The van der Waals surface area contributed by atoms with Crippen molar-refractivity contribution in [2.75, 3.05) is 0 Å². The molecule has 0 aliphatic heterocycles. The zero-order valence-electron chi connectivity index (χ0n) is 11.6. The number of halogens is 2. The minimum atomic E-state index is -1.39. The van der Waals surface area contributed by atoms with Gasteiger partial charge in [-0.05, 0) is 23.5 Å². The molecule has 2 nitrogen and oxygen atoms in total. The van der Waals surface area contributed by atoms with Gasteiger partial charge in [0.25, 0.3) is 0 Å². The van der Waals surface area contributed by atoms with Crippen LogP contribution in [0.5, 0.6) is 0 Å². The van der Waals surface area contributed by atoms with Crippen LogP contribution in [0.15, 0.2) is 60.7 Å². The molecule has 0 fully saturated rings. The van der Waals surface area contributed by atoms with Gasteiger partial charge in [-0.1, -0.05) is 80.2 Å². The van der Waals surface area contributed by atoms with Gasteiger partial charge in [0.05, 0.1) is 5.12 Å². The Balaban J connectivity index is 2.18. The van der Waals surface area contributed by atoms with Crippen molar-refractivity contribution < 1.29 is 0 Å². The van der Waals surface area contributed by atoms with Crippen molar-refractivity contribution in [1.82, 2.24) is 0 Å². The number of hydrogen-bond donors (Lipinski definition) is 2. The fraction of sp³-hybridized carbons (Fsp3) is 0.250. The van der Waals surface area contributed by atoms with E-state index in [1.54, 1.807) is 0 Å². The van der Waals surface area contributed by atoms with Crippen LogP contribution in [0.1, 0.15) is 11.1 Å². The van der Waals surface area contributed by atoms with Crippen LogP contribution >= 0.6 is 31.1 Å². The Morgan fingerprint density at radius 3 is 1.57 bits per heavy atom. The van der Waals surface area contributed by atoms with Gasteiger partial charge >= 0.3 is 0 Å². The first kappa shape index (κ1) is 16.7. The first-order valence-electron chi connectivity index (χ1n) is 6.69. The molecule has 1 unspecified atom stereocenters. The molecule has 21 heavy (non-hydrogen) atoms. The van der Waals surface area contributed by atoms with Gasteiger partial charge in [0.15, 0.2) is 5.12 Å². The molecule has 0 saturated carbocycles. The molecule has 0 radical (unpaired) electrons. The maximum atomic E-state index is 6.47. The van der Waals surface area contributed by atoms with E-state index in [2.05, 4.69) is 24.3 Å². The second kappa shape index (κ2) is 7.58. The number of benzene rings is 2. The topological polar surface area (TPSA) is 52.0 Å². The van der Waals surface area contributed by atoms with Crippen LogP contribution in [-0.2, 0) is 12.3 Å². The highest BCUT2D eigenvalue weighted by molar-refractivity contribution is 7.58. The van der Waals surface area contributed by atoms with Crippen LogP contribution in [0.4, 0.5) is 0 Å². The minimum Gasteiger partial charge on any atom is -0.299 e. The summed E-state index contributed by atoms with van der Waals surface area (Å²) in [5.41, 5.74) is 14.1. The summed E-state index contributed by atoms with van der Waals surface area (Å²) in [6, 6.07) is 20.4. The van der Waals surface area contributed by atoms with Gasteiger partial charge in [0.1, 0.15) is 0 Å². The van der Waals surface area contributed by atoms with Crippen LogP contribution in [0, 0.1) is 0 Å². The molecular formula is C16H19Cl2N2P. The lowest BCUT2D eigenvalue weighted by molar-refractivity contribution is 0.676. The lowest BCUT2D eigenvalue weighted by Crippen LogP contribution is -2.50. The van der Waals surface area contributed by atoms with Gasteiger partial charge in [-0.15, -0.1) is 11.6 Å². The molecule has 0 heterocycles. The van der Waals surface area contributed by atoms with Crippen molar-refractivity contribution in [3.05, 3.63) is 71.8 Å². The molecule has 5 heteroatoms. The number of alkyl halides is 2. The standard InChI is InChI=1S/C16H19Cl2N2P/c17-15(16(18,19)20)21(11-13-7-3-1-4-8-13)12-14-9-5-2-6-10-14/h1-10,15H,11-12,19-20H2. The molecule has 2 aromatic carbocycles. The Bertz CT molecular complexity index is 502. The normalized spacial score (nSPS) is 13.4. The van der Waals surface area contributed by atoms with E-state index in [1.165, 1.54) is 11.1 Å². The molecule has 2 aromatic rings. The van der Waals surface area contributed by atoms with E-state index in [1.807, 2.05) is 36.4 Å². The molecular weight excluding hydrogens is 322 g/mol. The Kier molecular flexibility index (Phi) is 6.04. The predicted molar refractivity (Wildman–Crippen MR) is 93.8 cm³/mol. The molecule has 1 atom stereocenters. The lowest BCUT2D eigenvalue weighted by Gasteiger charge is -2.31. The second-order valence-electron chi connectivity index (χ2n) is 5.04. The summed E-state index contributed by atoms with van der Waals surface area (Å²) in [7, 11) is -0.679. The monoisotopic (exact) mass is 340 g/mol. The molecule has 0 saturated heterocycles. The number of rotatable bonds is 6. The van der Waals surface area contributed by atoms with E-state index in [9.17, 15) is 0 Å². The van der Waals surface area contributed by atoms with E-state index < -0.39 is 18.2 Å². The zero-order chi connectivity index (χ0) is 15.3. The molecule has 0 spiro atoms. The van der Waals surface area contributed by atoms with E-state index in [4.69, 9.17) is 34.7 Å². The van der Waals surface area contributed by atoms with Crippen molar-refractivity contribution in [2.45, 2.75) is 22.6 Å². The molecule has 0 aliphatic rings. The third-order valence-electron chi connectivity index (χ3n) is 3.14. The second-order valence-corrected chi connectivity index (χ2v) is 8.76. The van der Waals surface area contributed by atoms with Crippen molar-refractivity contribution in [3.63, 3.8) is 0 Å². The maximum Gasteiger partial charge on any atom is 0.162 e. The van der Waals surface area contributed by atoms with Gasteiger partial charge in [-0.2, -0.15) is 0 Å². The average molecular weight is 341 g/mol. The predicted octanol–water partition coefficient (Wildman–Crippen LogP) is 4.24. The largest absolute Gasteiger partial charge is 0.299 e. The molecule has 4 N–H and O–H groups in total. The summed E-state index contributed by atoms with van der Waals surface area (Å²) in [6.45, 7) is 0. The van der Waals surface area contributed by atoms with Gasteiger partial charge in [0.2, 0.25) is 0 Å². The summed E-state index contributed by atoms with van der Waals surface area (Å²) in [5.74, 6) is 0. The smallest absolute Gasteiger partial charge is 0.162 e. The summed E-state index contributed by atoms with van der Waals surface area (Å²) >= 11 is 12.5. The van der Waals surface area contributed by atoms with Crippen molar-refractivity contribution >= 4 is 31.1 Å². The molecule has 2 rings (SSSR count). The van der Waals surface area contributed by atoms with E-state index in [0.29, 0.717) is 0 Å². The number of nitrogens with two attached hydrogens (primary N) is 2. The third kappa shape index (κ3) is 5.25. The lowest BCUT2D eigenvalue weighted by atomic mass is 10.2. The highest BCUT2D eigenvalue weighted by atomic mass is 35.5. The average Bonchev–Trinajstić information content (AvgIpc) is 2.47. The quantitative estimate of drug-likeness (QED) is 0.357.